The Morgan fingerprint density at radius 3 is 2.55 bits per heavy atom. The smallest absolute Gasteiger partial charge is 0.116 e. The van der Waals surface area contributed by atoms with Crippen molar-refractivity contribution in [2.24, 2.45) is 4.99 Å². The van der Waals surface area contributed by atoms with E-state index in [1.165, 1.54) is 0 Å². The van der Waals surface area contributed by atoms with Crippen LogP contribution in [0.5, 0.6) is 0 Å². The summed E-state index contributed by atoms with van der Waals surface area (Å²) in [5.74, 6) is 0.770. The van der Waals surface area contributed by atoms with E-state index in [2.05, 4.69) is 4.99 Å². The van der Waals surface area contributed by atoms with Gasteiger partial charge in [0.25, 0.3) is 0 Å². The van der Waals surface area contributed by atoms with E-state index in [9.17, 15) is 0 Å². The predicted octanol–water partition coefficient (Wildman–Crippen LogP) is 2.71. The number of ether oxygens (including phenoxy) is 1. The summed E-state index contributed by atoms with van der Waals surface area (Å²) in [5.41, 5.74) is 0. The van der Waals surface area contributed by atoms with Gasteiger partial charge in [-0.25, -0.2) is 4.99 Å². The molecule has 0 rings (SSSR count). The van der Waals surface area contributed by atoms with Gasteiger partial charge in [-0.15, -0.1) is 0 Å². The summed E-state index contributed by atoms with van der Waals surface area (Å²) < 4.78 is 4.94. The minimum absolute atomic E-state index is 0.507. The van der Waals surface area contributed by atoms with Crippen LogP contribution in [0.2, 0.25) is 0 Å². The lowest BCUT2D eigenvalue weighted by Crippen LogP contribution is -1.79. The van der Waals surface area contributed by atoms with E-state index in [1.54, 1.807) is 26.3 Å². The van der Waals surface area contributed by atoms with Gasteiger partial charge in [0.05, 0.1) is 7.11 Å². The van der Waals surface area contributed by atoms with Crippen molar-refractivity contribution >= 4 is 16.8 Å². The summed E-state index contributed by atoms with van der Waals surface area (Å²) in [4.78, 5) is 3.84. The molecular formula is C8H12ClNO. The molecule has 0 spiro atoms. The Labute approximate surface area is 72.2 Å². The number of halogens is 1. The van der Waals surface area contributed by atoms with Crippen LogP contribution in [-0.4, -0.2) is 12.3 Å². The van der Waals surface area contributed by atoms with E-state index >= 15 is 0 Å². The summed E-state index contributed by atoms with van der Waals surface area (Å²) in [7, 11) is 1.61. The third-order valence-corrected chi connectivity index (χ3v) is 1.11. The molecule has 0 aliphatic rings. The lowest BCUT2D eigenvalue weighted by Gasteiger charge is -1.95. The monoisotopic (exact) mass is 173 g/mol. The van der Waals surface area contributed by atoms with Crippen LogP contribution in [0, 0.1) is 0 Å². The van der Waals surface area contributed by atoms with Gasteiger partial charge in [-0.2, -0.15) is 0 Å². The Hall–Kier alpha value is -0.760. The molecule has 0 fully saturated rings. The highest BCUT2D eigenvalue weighted by Crippen LogP contribution is 1.97. The molecule has 0 atom stereocenters. The molecule has 2 nitrogen and oxygen atoms in total. The Kier molecular flexibility index (Phi) is 5.57. The Morgan fingerprint density at radius 2 is 2.18 bits per heavy atom. The van der Waals surface area contributed by atoms with Crippen LogP contribution in [0.3, 0.4) is 0 Å². The Bertz CT molecular complexity index is 190. The SMILES string of the molecule is C\C=C(/C=C\N=C(/C)Cl)OC. The lowest BCUT2D eigenvalue weighted by atomic mass is 10.4. The first-order valence-electron chi connectivity index (χ1n) is 3.27. The maximum atomic E-state index is 5.49. The fourth-order valence-electron chi connectivity index (χ4n) is 0.496. The van der Waals surface area contributed by atoms with Gasteiger partial charge in [0.15, 0.2) is 0 Å². The minimum Gasteiger partial charge on any atom is -0.497 e. The molecule has 0 aromatic rings. The lowest BCUT2D eigenvalue weighted by molar-refractivity contribution is 0.306. The van der Waals surface area contributed by atoms with Crippen LogP contribution in [-0.2, 0) is 4.74 Å². The van der Waals surface area contributed by atoms with Crippen molar-refractivity contribution in [2.75, 3.05) is 7.11 Å². The van der Waals surface area contributed by atoms with Gasteiger partial charge in [0, 0.05) is 6.20 Å². The van der Waals surface area contributed by atoms with Crippen molar-refractivity contribution in [2.45, 2.75) is 13.8 Å². The maximum absolute atomic E-state index is 5.49. The largest absolute Gasteiger partial charge is 0.497 e. The molecule has 0 saturated heterocycles. The van der Waals surface area contributed by atoms with Gasteiger partial charge in [-0.3, -0.25) is 0 Å². The fourth-order valence-corrected chi connectivity index (χ4v) is 0.552. The fraction of sp³-hybridized carbons (Fsp3) is 0.375. The highest BCUT2D eigenvalue weighted by atomic mass is 35.5. The van der Waals surface area contributed by atoms with E-state index in [0.717, 1.165) is 5.76 Å². The van der Waals surface area contributed by atoms with Crippen molar-refractivity contribution in [3.8, 4) is 0 Å². The highest BCUT2D eigenvalue weighted by Gasteiger charge is 1.83. The topological polar surface area (TPSA) is 21.6 Å². The summed E-state index contributed by atoms with van der Waals surface area (Å²) >= 11 is 5.49. The second-order valence-electron chi connectivity index (χ2n) is 1.84. The number of aliphatic imine (C=N–C) groups is 1. The molecule has 0 aromatic carbocycles. The van der Waals surface area contributed by atoms with Gasteiger partial charge in [-0.05, 0) is 26.0 Å². The van der Waals surface area contributed by atoms with Crippen LogP contribution >= 0.6 is 11.6 Å². The molecule has 0 N–H and O–H groups in total. The molecule has 0 aliphatic heterocycles. The average Bonchev–Trinajstić information content (AvgIpc) is 1.98. The molecule has 0 radical (unpaired) electrons. The van der Waals surface area contributed by atoms with Crippen molar-refractivity contribution in [3.05, 3.63) is 24.1 Å². The molecular weight excluding hydrogens is 162 g/mol. The molecule has 0 bridgehead atoms. The third-order valence-electron chi connectivity index (χ3n) is 1.01. The van der Waals surface area contributed by atoms with Crippen LogP contribution in [0.25, 0.3) is 0 Å². The van der Waals surface area contributed by atoms with Crippen molar-refractivity contribution in [1.29, 1.82) is 0 Å². The van der Waals surface area contributed by atoms with E-state index in [4.69, 9.17) is 16.3 Å². The molecule has 0 amide bonds. The van der Waals surface area contributed by atoms with E-state index in [1.807, 2.05) is 13.0 Å². The van der Waals surface area contributed by atoms with Crippen LogP contribution < -0.4 is 0 Å². The maximum Gasteiger partial charge on any atom is 0.116 e. The number of rotatable bonds is 3. The van der Waals surface area contributed by atoms with Gasteiger partial charge in [0.2, 0.25) is 0 Å². The predicted molar refractivity (Wildman–Crippen MR) is 48.9 cm³/mol. The van der Waals surface area contributed by atoms with Gasteiger partial charge in [-0.1, -0.05) is 11.6 Å². The van der Waals surface area contributed by atoms with E-state index < -0.39 is 0 Å². The van der Waals surface area contributed by atoms with Crippen molar-refractivity contribution in [1.82, 2.24) is 0 Å². The second-order valence-corrected chi connectivity index (χ2v) is 2.38. The number of allylic oxidation sites excluding steroid dienone is 2. The first-order chi connectivity index (χ1) is 5.20. The van der Waals surface area contributed by atoms with E-state index in [0.29, 0.717) is 5.17 Å². The summed E-state index contributed by atoms with van der Waals surface area (Å²) in [6.07, 6.45) is 5.18. The molecule has 0 saturated carbocycles. The van der Waals surface area contributed by atoms with Crippen molar-refractivity contribution < 1.29 is 4.74 Å². The second kappa shape index (κ2) is 5.98. The summed E-state index contributed by atoms with van der Waals surface area (Å²) in [6, 6.07) is 0. The molecule has 0 aromatic heterocycles. The van der Waals surface area contributed by atoms with Crippen LogP contribution in [0.4, 0.5) is 0 Å². The van der Waals surface area contributed by atoms with Gasteiger partial charge < -0.3 is 4.74 Å². The normalized spacial score (nSPS) is 14.2. The Morgan fingerprint density at radius 1 is 1.55 bits per heavy atom. The van der Waals surface area contributed by atoms with E-state index in [-0.39, 0.29) is 0 Å². The number of methoxy groups -OCH3 is 1. The van der Waals surface area contributed by atoms with Crippen molar-refractivity contribution in [3.63, 3.8) is 0 Å². The number of nitrogens with zero attached hydrogens (tertiary/aromatic N) is 1. The summed E-state index contributed by atoms with van der Waals surface area (Å²) in [5, 5.41) is 0.507. The zero-order chi connectivity index (χ0) is 8.69. The molecule has 62 valence electrons. The zero-order valence-electron chi connectivity index (χ0n) is 6.97. The van der Waals surface area contributed by atoms with Gasteiger partial charge >= 0.3 is 0 Å². The molecule has 3 heteroatoms. The van der Waals surface area contributed by atoms with Gasteiger partial charge in [0.1, 0.15) is 10.9 Å². The van der Waals surface area contributed by atoms with Crippen LogP contribution in [0.1, 0.15) is 13.8 Å². The quantitative estimate of drug-likeness (QED) is 0.365. The van der Waals surface area contributed by atoms with Crippen LogP contribution in [0.15, 0.2) is 29.1 Å². The third kappa shape index (κ3) is 5.67. The first kappa shape index (κ1) is 10.2. The minimum atomic E-state index is 0.507. The highest BCUT2D eigenvalue weighted by molar-refractivity contribution is 6.64. The Balaban J connectivity index is 4.02. The molecule has 0 heterocycles. The average molecular weight is 174 g/mol. The standard InChI is InChI=1S/C8H12ClNO/c1-4-8(11-3)5-6-10-7(2)9/h4-6H,1-3H3/b6-5-,8-4+,10-7+. The zero-order valence-corrected chi connectivity index (χ0v) is 7.72. The molecule has 0 unspecified atom stereocenters. The number of hydrogen-bond donors (Lipinski definition) is 0. The molecule has 11 heavy (non-hydrogen) atoms. The number of hydrogen-bond acceptors (Lipinski definition) is 2. The molecule has 0 aliphatic carbocycles. The summed E-state index contributed by atoms with van der Waals surface area (Å²) in [6.45, 7) is 3.61. The first-order valence-corrected chi connectivity index (χ1v) is 3.65.